The van der Waals surface area contributed by atoms with E-state index in [2.05, 4.69) is 0 Å². The van der Waals surface area contributed by atoms with Crippen LogP contribution in [0, 0.1) is 5.92 Å². The minimum atomic E-state index is 0.0489. The second-order valence-corrected chi connectivity index (χ2v) is 5.36. The zero-order chi connectivity index (χ0) is 15.2. The second-order valence-electron chi connectivity index (χ2n) is 5.36. The molecule has 1 fully saturated rings. The maximum atomic E-state index is 6.40. The molecular weight excluding hydrogens is 266 g/mol. The third-order valence-electron chi connectivity index (χ3n) is 3.97. The van der Waals surface area contributed by atoms with Crippen LogP contribution in [-0.4, -0.2) is 19.8 Å². The van der Waals surface area contributed by atoms with Crippen molar-refractivity contribution in [2.45, 2.75) is 46.1 Å². The summed E-state index contributed by atoms with van der Waals surface area (Å²) in [5.74, 6) is 2.72. The summed E-state index contributed by atoms with van der Waals surface area (Å²) in [5, 5.41) is 0. The fraction of sp³-hybridized carbons (Fsp3) is 0.647. The van der Waals surface area contributed by atoms with Gasteiger partial charge in [-0.15, -0.1) is 0 Å². The van der Waals surface area contributed by atoms with E-state index in [1.165, 1.54) is 19.3 Å². The van der Waals surface area contributed by atoms with E-state index in [-0.39, 0.29) is 6.04 Å². The number of ether oxygens (including phenoxy) is 3. The van der Waals surface area contributed by atoms with Crippen molar-refractivity contribution in [1.29, 1.82) is 0 Å². The van der Waals surface area contributed by atoms with Crippen molar-refractivity contribution in [2.75, 3.05) is 19.8 Å². The monoisotopic (exact) mass is 293 g/mol. The molecule has 0 spiro atoms. The molecule has 1 saturated carbocycles. The highest BCUT2D eigenvalue weighted by atomic mass is 16.5. The normalized spacial score (nSPS) is 16.2. The Bertz CT molecular complexity index is 430. The van der Waals surface area contributed by atoms with Crippen LogP contribution >= 0.6 is 0 Å². The number of benzene rings is 1. The standard InChI is InChI=1S/C17H27NO3/c1-4-19-14-10-13(16(18)12-8-7-9-12)11-15(20-5-2)17(14)21-6-3/h10-12,16H,4-9,18H2,1-3H3. The Morgan fingerprint density at radius 3 is 1.90 bits per heavy atom. The molecular formula is C17H27NO3. The summed E-state index contributed by atoms with van der Waals surface area (Å²) in [6, 6.07) is 4.08. The topological polar surface area (TPSA) is 53.7 Å². The highest BCUT2D eigenvalue weighted by Gasteiger charge is 2.27. The van der Waals surface area contributed by atoms with Crippen molar-refractivity contribution < 1.29 is 14.2 Å². The molecule has 0 radical (unpaired) electrons. The molecule has 1 aromatic carbocycles. The van der Waals surface area contributed by atoms with E-state index in [9.17, 15) is 0 Å². The van der Waals surface area contributed by atoms with Crippen molar-refractivity contribution >= 4 is 0 Å². The Morgan fingerprint density at radius 2 is 1.52 bits per heavy atom. The molecule has 2 N–H and O–H groups in total. The molecule has 0 heterocycles. The maximum absolute atomic E-state index is 6.40. The van der Waals surface area contributed by atoms with Crippen molar-refractivity contribution in [1.82, 2.24) is 0 Å². The van der Waals surface area contributed by atoms with Crippen LogP contribution in [0.15, 0.2) is 12.1 Å². The van der Waals surface area contributed by atoms with Crippen LogP contribution in [0.3, 0.4) is 0 Å². The van der Waals surface area contributed by atoms with Gasteiger partial charge in [0.25, 0.3) is 0 Å². The molecule has 21 heavy (non-hydrogen) atoms. The minimum Gasteiger partial charge on any atom is -0.490 e. The first kappa shape index (κ1) is 16.0. The lowest BCUT2D eigenvalue weighted by molar-refractivity contribution is 0.251. The van der Waals surface area contributed by atoms with E-state index in [4.69, 9.17) is 19.9 Å². The van der Waals surface area contributed by atoms with Gasteiger partial charge in [0.05, 0.1) is 19.8 Å². The first-order valence-corrected chi connectivity index (χ1v) is 8.03. The molecule has 0 amide bonds. The molecule has 1 atom stereocenters. The summed E-state index contributed by atoms with van der Waals surface area (Å²) < 4.78 is 17.2. The van der Waals surface area contributed by atoms with Gasteiger partial charge in [0.1, 0.15) is 0 Å². The number of hydrogen-bond donors (Lipinski definition) is 1. The third kappa shape index (κ3) is 3.62. The number of nitrogens with two attached hydrogens (primary N) is 1. The van der Waals surface area contributed by atoms with Gasteiger partial charge >= 0.3 is 0 Å². The lowest BCUT2D eigenvalue weighted by Crippen LogP contribution is -2.27. The number of rotatable bonds is 8. The first-order chi connectivity index (χ1) is 10.2. The van der Waals surface area contributed by atoms with Crippen LogP contribution in [0.1, 0.15) is 51.6 Å². The van der Waals surface area contributed by atoms with Gasteiger partial charge in [-0.1, -0.05) is 6.42 Å². The zero-order valence-corrected chi connectivity index (χ0v) is 13.4. The molecule has 1 unspecified atom stereocenters. The molecule has 1 aliphatic rings. The molecule has 0 aromatic heterocycles. The van der Waals surface area contributed by atoms with Crippen LogP contribution in [0.4, 0.5) is 0 Å². The Morgan fingerprint density at radius 1 is 1.00 bits per heavy atom. The second kappa shape index (κ2) is 7.55. The van der Waals surface area contributed by atoms with E-state index >= 15 is 0 Å². The molecule has 0 aliphatic heterocycles. The van der Waals surface area contributed by atoms with E-state index in [0.717, 1.165) is 17.1 Å². The van der Waals surface area contributed by atoms with Crippen LogP contribution in [0.2, 0.25) is 0 Å². The lowest BCUT2D eigenvalue weighted by Gasteiger charge is -2.32. The Labute approximate surface area is 127 Å². The van der Waals surface area contributed by atoms with Crippen LogP contribution in [0.25, 0.3) is 0 Å². The van der Waals surface area contributed by atoms with E-state index < -0.39 is 0 Å². The van der Waals surface area contributed by atoms with Crippen molar-refractivity contribution in [3.05, 3.63) is 17.7 Å². The van der Waals surface area contributed by atoms with Crippen molar-refractivity contribution in [3.63, 3.8) is 0 Å². The van der Waals surface area contributed by atoms with E-state index in [1.807, 2.05) is 32.9 Å². The predicted octanol–water partition coefficient (Wildman–Crippen LogP) is 3.68. The summed E-state index contributed by atoms with van der Waals surface area (Å²) in [5.41, 5.74) is 7.48. The highest BCUT2D eigenvalue weighted by Crippen LogP contribution is 2.43. The quantitative estimate of drug-likeness (QED) is 0.794. The van der Waals surface area contributed by atoms with Gasteiger partial charge in [0, 0.05) is 6.04 Å². The van der Waals surface area contributed by atoms with Crippen molar-refractivity contribution in [3.8, 4) is 17.2 Å². The largest absolute Gasteiger partial charge is 0.490 e. The van der Waals surface area contributed by atoms with Gasteiger partial charge in [-0.05, 0) is 57.2 Å². The average Bonchev–Trinajstić information content (AvgIpc) is 2.40. The lowest BCUT2D eigenvalue weighted by atomic mass is 9.77. The van der Waals surface area contributed by atoms with Crippen molar-refractivity contribution in [2.24, 2.45) is 11.7 Å². The summed E-state index contributed by atoms with van der Waals surface area (Å²) in [6.45, 7) is 7.65. The van der Waals surface area contributed by atoms with Crippen LogP contribution in [-0.2, 0) is 0 Å². The Hall–Kier alpha value is -1.42. The molecule has 4 heteroatoms. The Balaban J connectivity index is 2.36. The summed E-state index contributed by atoms with van der Waals surface area (Å²) >= 11 is 0. The van der Waals surface area contributed by atoms with Gasteiger partial charge in [-0.2, -0.15) is 0 Å². The van der Waals surface area contributed by atoms with Gasteiger partial charge in [-0.25, -0.2) is 0 Å². The molecule has 0 bridgehead atoms. The van der Waals surface area contributed by atoms with Gasteiger partial charge in [-0.3, -0.25) is 0 Å². The molecule has 118 valence electrons. The van der Waals surface area contributed by atoms with E-state index in [0.29, 0.717) is 31.5 Å². The van der Waals surface area contributed by atoms with Crippen LogP contribution in [0.5, 0.6) is 17.2 Å². The molecule has 4 nitrogen and oxygen atoms in total. The fourth-order valence-electron chi connectivity index (χ4n) is 2.67. The van der Waals surface area contributed by atoms with Gasteiger partial charge in [0.2, 0.25) is 5.75 Å². The van der Waals surface area contributed by atoms with Crippen LogP contribution < -0.4 is 19.9 Å². The molecule has 0 saturated heterocycles. The maximum Gasteiger partial charge on any atom is 0.203 e. The molecule has 1 aromatic rings. The van der Waals surface area contributed by atoms with Gasteiger partial charge in [0.15, 0.2) is 11.5 Å². The third-order valence-corrected chi connectivity index (χ3v) is 3.97. The van der Waals surface area contributed by atoms with E-state index in [1.54, 1.807) is 0 Å². The molecule has 2 rings (SSSR count). The fourth-order valence-corrected chi connectivity index (χ4v) is 2.67. The first-order valence-electron chi connectivity index (χ1n) is 8.03. The molecule has 1 aliphatic carbocycles. The summed E-state index contributed by atoms with van der Waals surface area (Å²) in [6.07, 6.45) is 3.71. The average molecular weight is 293 g/mol. The predicted molar refractivity (Wildman–Crippen MR) is 84.2 cm³/mol. The number of hydrogen-bond acceptors (Lipinski definition) is 4. The van der Waals surface area contributed by atoms with Gasteiger partial charge < -0.3 is 19.9 Å². The zero-order valence-electron chi connectivity index (χ0n) is 13.4. The highest BCUT2D eigenvalue weighted by molar-refractivity contribution is 5.54. The minimum absolute atomic E-state index is 0.0489. The Kier molecular flexibility index (Phi) is 5.74. The smallest absolute Gasteiger partial charge is 0.203 e. The SMILES string of the molecule is CCOc1cc(C(N)C2CCC2)cc(OCC)c1OCC. The summed E-state index contributed by atoms with van der Waals surface area (Å²) in [4.78, 5) is 0. The summed E-state index contributed by atoms with van der Waals surface area (Å²) in [7, 11) is 0.